The number of nitrogens with one attached hydrogen (secondary N) is 1. The minimum absolute atomic E-state index is 0.212. The number of thiophene rings is 2. The molecular formula is C24H20N2O3S2. The molecule has 0 aliphatic rings. The lowest BCUT2D eigenvalue weighted by Crippen LogP contribution is -2.27. The molecule has 0 bridgehead atoms. The van der Waals surface area contributed by atoms with Crippen LogP contribution in [0.5, 0.6) is 5.75 Å². The van der Waals surface area contributed by atoms with Crippen molar-refractivity contribution in [2.45, 2.75) is 0 Å². The van der Waals surface area contributed by atoms with Crippen LogP contribution in [0.15, 0.2) is 71.4 Å². The zero-order valence-corrected chi connectivity index (χ0v) is 18.6. The predicted octanol–water partition coefficient (Wildman–Crippen LogP) is 6.00. The largest absolute Gasteiger partial charge is 0.497 e. The standard InChI is InChI=1S/C24H20N2O3S2/c1-26(18-5-3-6-19(13-18)29-2)24(28)22-20(14-31-23(22)25-15-27)16-8-10-17(11-9-16)21-7-4-12-30-21/h3-15H,1-2H3,(H,25,27). The normalized spacial score (nSPS) is 10.5. The van der Waals surface area contributed by atoms with Crippen LogP contribution in [0.25, 0.3) is 21.6 Å². The Balaban J connectivity index is 1.72. The van der Waals surface area contributed by atoms with Gasteiger partial charge < -0.3 is 15.0 Å². The highest BCUT2D eigenvalue weighted by Gasteiger charge is 2.24. The molecular weight excluding hydrogens is 428 g/mol. The van der Waals surface area contributed by atoms with Crippen LogP contribution in [0.2, 0.25) is 0 Å². The third-order valence-electron chi connectivity index (χ3n) is 4.94. The van der Waals surface area contributed by atoms with Gasteiger partial charge >= 0.3 is 0 Å². The molecule has 0 saturated carbocycles. The number of rotatable bonds is 7. The third kappa shape index (κ3) is 4.23. The van der Waals surface area contributed by atoms with Gasteiger partial charge in [-0.1, -0.05) is 36.4 Å². The van der Waals surface area contributed by atoms with Crippen LogP contribution in [0.3, 0.4) is 0 Å². The minimum Gasteiger partial charge on any atom is -0.497 e. The zero-order chi connectivity index (χ0) is 21.8. The summed E-state index contributed by atoms with van der Waals surface area (Å²) in [5, 5.41) is 7.15. The zero-order valence-electron chi connectivity index (χ0n) is 17.0. The van der Waals surface area contributed by atoms with Crippen LogP contribution in [-0.2, 0) is 4.79 Å². The summed E-state index contributed by atoms with van der Waals surface area (Å²) in [6, 6.07) is 19.5. The molecule has 0 spiro atoms. The van der Waals surface area contributed by atoms with E-state index < -0.39 is 0 Å². The molecule has 2 aromatic carbocycles. The fourth-order valence-electron chi connectivity index (χ4n) is 3.30. The molecule has 1 N–H and O–H groups in total. The minimum atomic E-state index is -0.212. The van der Waals surface area contributed by atoms with Crippen molar-refractivity contribution in [3.05, 3.63) is 77.0 Å². The van der Waals surface area contributed by atoms with E-state index in [9.17, 15) is 9.59 Å². The van der Waals surface area contributed by atoms with Crippen molar-refractivity contribution in [1.29, 1.82) is 0 Å². The maximum absolute atomic E-state index is 13.5. The van der Waals surface area contributed by atoms with E-state index >= 15 is 0 Å². The molecule has 2 aromatic heterocycles. The molecule has 2 amide bonds. The Labute approximate surface area is 188 Å². The van der Waals surface area contributed by atoms with Crippen molar-refractivity contribution in [2.75, 3.05) is 24.4 Å². The fourth-order valence-corrected chi connectivity index (χ4v) is 4.96. The molecule has 5 nitrogen and oxygen atoms in total. The molecule has 2 heterocycles. The molecule has 0 aliphatic carbocycles. The van der Waals surface area contributed by atoms with Gasteiger partial charge in [-0.25, -0.2) is 0 Å². The summed E-state index contributed by atoms with van der Waals surface area (Å²) in [5.74, 6) is 0.453. The van der Waals surface area contributed by atoms with Crippen molar-refractivity contribution >= 4 is 45.7 Å². The van der Waals surface area contributed by atoms with Crippen molar-refractivity contribution in [1.82, 2.24) is 0 Å². The Morgan fingerprint density at radius 3 is 2.48 bits per heavy atom. The summed E-state index contributed by atoms with van der Waals surface area (Å²) in [4.78, 5) is 27.4. The van der Waals surface area contributed by atoms with E-state index in [1.165, 1.54) is 16.2 Å². The van der Waals surface area contributed by atoms with E-state index in [4.69, 9.17) is 4.74 Å². The number of hydrogen-bond acceptors (Lipinski definition) is 5. The number of methoxy groups -OCH3 is 1. The summed E-state index contributed by atoms with van der Waals surface area (Å²) in [7, 11) is 3.30. The summed E-state index contributed by atoms with van der Waals surface area (Å²) < 4.78 is 5.28. The maximum atomic E-state index is 13.5. The fraction of sp³-hybridized carbons (Fsp3) is 0.0833. The van der Waals surface area contributed by atoms with Crippen molar-refractivity contribution < 1.29 is 14.3 Å². The van der Waals surface area contributed by atoms with Gasteiger partial charge in [-0.15, -0.1) is 22.7 Å². The number of amides is 2. The number of anilines is 2. The molecule has 4 rings (SSSR count). The number of carbonyl (C=O) groups excluding carboxylic acids is 2. The SMILES string of the molecule is COc1cccc(N(C)C(=O)c2c(-c3ccc(-c4cccs4)cc3)csc2NC=O)c1. The predicted molar refractivity (Wildman–Crippen MR) is 128 cm³/mol. The summed E-state index contributed by atoms with van der Waals surface area (Å²) in [6.07, 6.45) is 0.595. The molecule has 0 fully saturated rings. The van der Waals surface area contributed by atoms with Gasteiger partial charge in [0.15, 0.2) is 0 Å². The Bertz CT molecular complexity index is 1200. The molecule has 0 aliphatic heterocycles. The van der Waals surface area contributed by atoms with Crippen LogP contribution < -0.4 is 15.0 Å². The topological polar surface area (TPSA) is 58.6 Å². The quantitative estimate of drug-likeness (QED) is 0.353. The Kier molecular flexibility index (Phi) is 6.16. The van der Waals surface area contributed by atoms with Crippen LogP contribution in [0.4, 0.5) is 10.7 Å². The molecule has 0 atom stereocenters. The van der Waals surface area contributed by atoms with Crippen LogP contribution >= 0.6 is 22.7 Å². The Morgan fingerprint density at radius 2 is 1.81 bits per heavy atom. The second-order valence-electron chi connectivity index (χ2n) is 6.74. The molecule has 0 saturated heterocycles. The van der Waals surface area contributed by atoms with Gasteiger partial charge in [0.05, 0.1) is 12.7 Å². The molecule has 156 valence electrons. The number of carbonyl (C=O) groups is 2. The molecule has 31 heavy (non-hydrogen) atoms. The molecule has 0 radical (unpaired) electrons. The highest BCUT2D eigenvalue weighted by molar-refractivity contribution is 7.15. The highest BCUT2D eigenvalue weighted by Crippen LogP contribution is 2.38. The second-order valence-corrected chi connectivity index (χ2v) is 8.56. The summed E-state index contributed by atoms with van der Waals surface area (Å²) >= 11 is 3.02. The monoisotopic (exact) mass is 448 g/mol. The lowest BCUT2D eigenvalue weighted by Gasteiger charge is -2.19. The Hall–Kier alpha value is -3.42. The van der Waals surface area contributed by atoms with Crippen molar-refractivity contribution in [3.8, 4) is 27.3 Å². The van der Waals surface area contributed by atoms with E-state index in [-0.39, 0.29) is 5.91 Å². The van der Waals surface area contributed by atoms with E-state index in [1.54, 1.807) is 36.5 Å². The van der Waals surface area contributed by atoms with E-state index in [1.807, 2.05) is 59.3 Å². The summed E-state index contributed by atoms with van der Waals surface area (Å²) in [5.41, 5.74) is 3.99. The third-order valence-corrected chi connectivity index (χ3v) is 6.77. The number of hydrogen-bond donors (Lipinski definition) is 1. The molecule has 7 heteroatoms. The van der Waals surface area contributed by atoms with Crippen LogP contribution in [-0.4, -0.2) is 26.5 Å². The Morgan fingerprint density at radius 1 is 1.03 bits per heavy atom. The van der Waals surface area contributed by atoms with Crippen LogP contribution in [0, 0.1) is 0 Å². The van der Waals surface area contributed by atoms with Gasteiger partial charge in [0, 0.05) is 34.6 Å². The average molecular weight is 449 g/mol. The van der Waals surface area contributed by atoms with Crippen molar-refractivity contribution in [3.63, 3.8) is 0 Å². The lowest BCUT2D eigenvalue weighted by atomic mass is 10.0. The number of nitrogens with zero attached hydrogens (tertiary/aromatic N) is 1. The van der Waals surface area contributed by atoms with Gasteiger partial charge in [0.2, 0.25) is 6.41 Å². The first kappa shape index (κ1) is 20.8. The lowest BCUT2D eigenvalue weighted by molar-refractivity contribution is -0.105. The summed E-state index contributed by atoms with van der Waals surface area (Å²) in [6.45, 7) is 0. The van der Waals surface area contributed by atoms with E-state index in [2.05, 4.69) is 11.4 Å². The number of ether oxygens (including phenoxy) is 1. The smallest absolute Gasteiger partial charge is 0.261 e. The first-order valence-corrected chi connectivity index (χ1v) is 11.3. The van der Waals surface area contributed by atoms with Gasteiger partial charge in [0.1, 0.15) is 10.8 Å². The van der Waals surface area contributed by atoms with Crippen LogP contribution in [0.1, 0.15) is 10.4 Å². The molecule has 4 aromatic rings. The van der Waals surface area contributed by atoms with Gasteiger partial charge in [-0.2, -0.15) is 0 Å². The van der Waals surface area contributed by atoms with Gasteiger partial charge in [-0.3, -0.25) is 9.59 Å². The average Bonchev–Trinajstić information content (AvgIpc) is 3.49. The van der Waals surface area contributed by atoms with Gasteiger partial charge in [-0.05, 0) is 34.7 Å². The maximum Gasteiger partial charge on any atom is 0.261 e. The van der Waals surface area contributed by atoms with E-state index in [0.29, 0.717) is 28.4 Å². The second kappa shape index (κ2) is 9.16. The van der Waals surface area contributed by atoms with Crippen molar-refractivity contribution in [2.24, 2.45) is 0 Å². The highest BCUT2D eigenvalue weighted by atomic mass is 32.1. The molecule has 0 unspecified atom stereocenters. The first-order valence-electron chi connectivity index (χ1n) is 9.50. The van der Waals surface area contributed by atoms with E-state index in [0.717, 1.165) is 16.7 Å². The number of benzene rings is 2. The first-order chi connectivity index (χ1) is 15.1. The van der Waals surface area contributed by atoms with Gasteiger partial charge in [0.25, 0.3) is 5.91 Å².